The number of hydrogen-bond donors (Lipinski definition) is 1. The molecule has 1 N–H and O–H groups in total. The third kappa shape index (κ3) is 8.79. The van der Waals surface area contributed by atoms with Crippen molar-refractivity contribution in [1.29, 1.82) is 0 Å². The summed E-state index contributed by atoms with van der Waals surface area (Å²) in [6.45, 7) is 7.01. The molecule has 5 heteroatoms. The van der Waals surface area contributed by atoms with E-state index in [9.17, 15) is 9.59 Å². The fourth-order valence-electron chi connectivity index (χ4n) is 5.45. The quantitative estimate of drug-likeness (QED) is 0.258. The minimum Gasteiger partial charge on any atom is -0.352 e. The predicted molar refractivity (Wildman–Crippen MR) is 167 cm³/mol. The number of hydrogen-bond acceptors (Lipinski definition) is 2. The first kappa shape index (κ1) is 30.0. The maximum Gasteiger partial charge on any atom is 0.243 e. The van der Waals surface area contributed by atoms with Gasteiger partial charge in [0.05, 0.1) is 0 Å². The van der Waals surface area contributed by atoms with Gasteiger partial charge in [-0.15, -0.1) is 0 Å². The van der Waals surface area contributed by atoms with E-state index in [0.29, 0.717) is 25.8 Å². The smallest absolute Gasteiger partial charge is 0.243 e. The van der Waals surface area contributed by atoms with Crippen LogP contribution in [0.4, 0.5) is 0 Å². The van der Waals surface area contributed by atoms with E-state index in [-0.39, 0.29) is 23.3 Å². The molecule has 1 aliphatic rings. The molecule has 0 radical (unpaired) electrons. The van der Waals surface area contributed by atoms with Crippen molar-refractivity contribution in [3.8, 4) is 0 Å². The summed E-state index contributed by atoms with van der Waals surface area (Å²) in [5, 5.41) is 3.32. The molecule has 40 heavy (non-hydrogen) atoms. The normalized spacial score (nSPS) is 14.9. The van der Waals surface area contributed by atoms with Gasteiger partial charge in [0.15, 0.2) is 0 Å². The van der Waals surface area contributed by atoms with E-state index in [2.05, 4.69) is 66.3 Å². The third-order valence-corrected chi connectivity index (χ3v) is 8.46. The van der Waals surface area contributed by atoms with Crippen LogP contribution in [-0.2, 0) is 34.4 Å². The number of amides is 2. The average Bonchev–Trinajstić information content (AvgIpc) is 2.95. The summed E-state index contributed by atoms with van der Waals surface area (Å²) in [6, 6.07) is 26.3. The van der Waals surface area contributed by atoms with Crippen LogP contribution < -0.4 is 5.32 Å². The Kier molecular flexibility index (Phi) is 10.6. The zero-order valence-electron chi connectivity index (χ0n) is 24.2. The van der Waals surface area contributed by atoms with Gasteiger partial charge in [-0.1, -0.05) is 123 Å². The Balaban J connectivity index is 1.58. The zero-order valence-corrected chi connectivity index (χ0v) is 25.8. The summed E-state index contributed by atoms with van der Waals surface area (Å²) in [5.74, 6) is -0.0433. The number of nitrogens with one attached hydrogen (secondary N) is 1. The molecule has 1 aliphatic carbocycles. The number of aryl methyl sites for hydroxylation is 1. The highest BCUT2D eigenvalue weighted by Gasteiger charge is 2.31. The van der Waals surface area contributed by atoms with Crippen molar-refractivity contribution in [2.45, 2.75) is 96.2 Å². The first-order valence-electron chi connectivity index (χ1n) is 14.7. The highest BCUT2D eigenvalue weighted by atomic mass is 79.9. The molecule has 3 aromatic carbocycles. The van der Waals surface area contributed by atoms with E-state index in [0.717, 1.165) is 46.8 Å². The summed E-state index contributed by atoms with van der Waals surface area (Å²) in [4.78, 5) is 29.7. The molecule has 0 aliphatic heterocycles. The lowest BCUT2D eigenvalue weighted by molar-refractivity contribution is -0.141. The molecular weight excluding hydrogens is 560 g/mol. The number of carbonyl (C=O) groups is 2. The second-order valence-corrected chi connectivity index (χ2v) is 13.1. The van der Waals surface area contributed by atoms with Gasteiger partial charge in [-0.3, -0.25) is 9.59 Å². The SMILES string of the molecule is CC(C)(C)c1ccc(CCC(=O)N(Cc2ccc(Br)cc2)[C@@H](Cc2ccccc2)C(=O)NC2CCCCC2)cc1. The molecule has 0 aromatic heterocycles. The number of halogens is 1. The van der Waals surface area contributed by atoms with Gasteiger partial charge in [-0.05, 0) is 59.1 Å². The van der Waals surface area contributed by atoms with Gasteiger partial charge in [0.25, 0.3) is 0 Å². The summed E-state index contributed by atoms with van der Waals surface area (Å²) in [7, 11) is 0. The minimum absolute atomic E-state index is 0.00235. The van der Waals surface area contributed by atoms with Gasteiger partial charge in [-0.2, -0.15) is 0 Å². The molecule has 1 saturated carbocycles. The second kappa shape index (κ2) is 14.1. The zero-order chi connectivity index (χ0) is 28.5. The van der Waals surface area contributed by atoms with Crippen LogP contribution in [0.3, 0.4) is 0 Å². The molecule has 212 valence electrons. The number of rotatable bonds is 10. The van der Waals surface area contributed by atoms with E-state index < -0.39 is 6.04 Å². The first-order chi connectivity index (χ1) is 19.2. The van der Waals surface area contributed by atoms with Crippen molar-refractivity contribution in [3.05, 3.63) is 106 Å². The van der Waals surface area contributed by atoms with Crippen molar-refractivity contribution in [2.75, 3.05) is 0 Å². The Morgan fingerprint density at radius 1 is 0.850 bits per heavy atom. The van der Waals surface area contributed by atoms with Crippen LogP contribution in [0.5, 0.6) is 0 Å². The van der Waals surface area contributed by atoms with Crippen LogP contribution in [-0.4, -0.2) is 28.8 Å². The number of nitrogens with zero attached hydrogens (tertiary/aromatic N) is 1. The Labute approximate surface area is 248 Å². The third-order valence-electron chi connectivity index (χ3n) is 7.94. The summed E-state index contributed by atoms with van der Waals surface area (Å²) in [6.07, 6.45) is 7.01. The summed E-state index contributed by atoms with van der Waals surface area (Å²) < 4.78 is 0.990. The van der Waals surface area contributed by atoms with E-state index >= 15 is 0 Å². The molecule has 0 saturated heterocycles. The van der Waals surface area contributed by atoms with Crippen LogP contribution in [0.15, 0.2) is 83.3 Å². The van der Waals surface area contributed by atoms with Crippen LogP contribution in [0, 0.1) is 0 Å². The molecule has 3 aromatic rings. The van der Waals surface area contributed by atoms with Gasteiger partial charge in [0, 0.05) is 29.9 Å². The summed E-state index contributed by atoms with van der Waals surface area (Å²) in [5.41, 5.74) is 4.57. The minimum atomic E-state index is -0.580. The topological polar surface area (TPSA) is 49.4 Å². The number of carbonyl (C=O) groups excluding carboxylic acids is 2. The van der Waals surface area contributed by atoms with E-state index in [1.807, 2.05) is 59.5 Å². The Hall–Kier alpha value is -2.92. The highest BCUT2D eigenvalue weighted by Crippen LogP contribution is 2.24. The average molecular weight is 604 g/mol. The second-order valence-electron chi connectivity index (χ2n) is 12.1. The molecule has 0 bridgehead atoms. The van der Waals surface area contributed by atoms with Gasteiger partial charge in [-0.25, -0.2) is 0 Å². The van der Waals surface area contributed by atoms with Crippen molar-refractivity contribution >= 4 is 27.7 Å². The lowest BCUT2D eigenvalue weighted by Crippen LogP contribution is -2.52. The highest BCUT2D eigenvalue weighted by molar-refractivity contribution is 9.10. The van der Waals surface area contributed by atoms with Crippen molar-refractivity contribution in [2.24, 2.45) is 0 Å². The van der Waals surface area contributed by atoms with Gasteiger partial charge in [0.2, 0.25) is 11.8 Å². The predicted octanol–water partition coefficient (Wildman–Crippen LogP) is 7.77. The van der Waals surface area contributed by atoms with Crippen LogP contribution in [0.2, 0.25) is 0 Å². The van der Waals surface area contributed by atoms with Gasteiger partial charge in [0.1, 0.15) is 6.04 Å². The van der Waals surface area contributed by atoms with Gasteiger partial charge < -0.3 is 10.2 Å². The van der Waals surface area contributed by atoms with Crippen molar-refractivity contribution < 1.29 is 9.59 Å². The van der Waals surface area contributed by atoms with Crippen LogP contribution >= 0.6 is 15.9 Å². The fourth-order valence-corrected chi connectivity index (χ4v) is 5.72. The van der Waals surface area contributed by atoms with E-state index in [4.69, 9.17) is 0 Å². The Bertz CT molecular complexity index is 1230. The monoisotopic (exact) mass is 602 g/mol. The van der Waals surface area contributed by atoms with Gasteiger partial charge >= 0.3 is 0 Å². The summed E-state index contributed by atoms with van der Waals surface area (Å²) >= 11 is 3.52. The Morgan fingerprint density at radius 3 is 2.10 bits per heavy atom. The first-order valence-corrected chi connectivity index (χ1v) is 15.5. The molecule has 0 heterocycles. The molecule has 4 nitrogen and oxygen atoms in total. The van der Waals surface area contributed by atoms with Crippen LogP contribution in [0.25, 0.3) is 0 Å². The largest absolute Gasteiger partial charge is 0.352 e. The fraction of sp³-hybridized carbons (Fsp3) is 0.429. The van der Waals surface area contributed by atoms with Crippen molar-refractivity contribution in [3.63, 3.8) is 0 Å². The van der Waals surface area contributed by atoms with E-state index in [1.54, 1.807) is 0 Å². The molecule has 1 atom stereocenters. The number of benzene rings is 3. The lowest BCUT2D eigenvalue weighted by Gasteiger charge is -2.33. The van der Waals surface area contributed by atoms with E-state index in [1.165, 1.54) is 12.0 Å². The maximum atomic E-state index is 14.0. The molecule has 1 fully saturated rings. The molecule has 0 unspecified atom stereocenters. The standard InChI is InChI=1S/C35H43BrN2O2/c1-35(2,3)29-19-14-26(15-20-29)18-23-33(39)38(25-28-16-21-30(36)22-17-28)32(24-27-10-6-4-7-11-27)34(40)37-31-12-8-5-9-13-31/h4,6-7,10-11,14-17,19-22,31-32H,5,8-9,12-13,18,23-25H2,1-3H3,(H,37,40)/t32-/m0/s1. The maximum absolute atomic E-state index is 14.0. The Morgan fingerprint density at radius 2 is 1.48 bits per heavy atom. The molecule has 2 amide bonds. The van der Waals surface area contributed by atoms with Crippen LogP contribution in [0.1, 0.15) is 81.5 Å². The lowest BCUT2D eigenvalue weighted by atomic mass is 9.86. The van der Waals surface area contributed by atoms with Crippen molar-refractivity contribution in [1.82, 2.24) is 10.2 Å². The molecule has 4 rings (SSSR count). The molecule has 0 spiro atoms. The molecular formula is C35H43BrN2O2.